The normalized spacial score (nSPS) is 12.5. The van der Waals surface area contributed by atoms with Gasteiger partial charge in [0.15, 0.2) is 0 Å². The van der Waals surface area contributed by atoms with Gasteiger partial charge in [0.25, 0.3) is 0 Å². The highest BCUT2D eigenvalue weighted by molar-refractivity contribution is 9.10. The van der Waals surface area contributed by atoms with Gasteiger partial charge in [-0.1, -0.05) is 45.2 Å². The molecule has 0 aliphatic carbocycles. The standard InChI is InChI=1S/C14H10Br2Cl2FN/c1-20-14(7-4-8(15)6-9(17)5-7)10-2-3-11(16)12(18)13(10)19/h2-6,14,20H,1H3. The maximum atomic E-state index is 14.3. The summed E-state index contributed by atoms with van der Waals surface area (Å²) < 4.78 is 15.7. The fourth-order valence-electron chi connectivity index (χ4n) is 2.01. The molecule has 0 saturated carbocycles. The van der Waals surface area contributed by atoms with Gasteiger partial charge in [-0.25, -0.2) is 4.39 Å². The van der Waals surface area contributed by atoms with Gasteiger partial charge in [-0.05, 0) is 52.8 Å². The topological polar surface area (TPSA) is 12.0 Å². The Kier molecular flexibility index (Phi) is 5.49. The molecule has 0 bridgehead atoms. The summed E-state index contributed by atoms with van der Waals surface area (Å²) in [4.78, 5) is 0. The van der Waals surface area contributed by atoms with Crippen molar-refractivity contribution in [1.82, 2.24) is 5.32 Å². The van der Waals surface area contributed by atoms with Crippen LogP contribution in [0.5, 0.6) is 0 Å². The molecule has 0 aliphatic rings. The Hall–Kier alpha value is -0.130. The molecule has 1 atom stereocenters. The number of halogens is 5. The molecule has 0 saturated heterocycles. The first-order valence-electron chi connectivity index (χ1n) is 5.70. The molecular weight excluding hydrogens is 432 g/mol. The van der Waals surface area contributed by atoms with Crippen molar-refractivity contribution >= 4 is 55.1 Å². The van der Waals surface area contributed by atoms with Gasteiger partial charge in [0.1, 0.15) is 5.82 Å². The summed E-state index contributed by atoms with van der Waals surface area (Å²) in [6.07, 6.45) is 0. The lowest BCUT2D eigenvalue weighted by atomic mass is 9.98. The third-order valence-electron chi connectivity index (χ3n) is 2.88. The monoisotopic (exact) mass is 439 g/mol. The van der Waals surface area contributed by atoms with Crippen LogP contribution >= 0.6 is 55.1 Å². The van der Waals surface area contributed by atoms with Gasteiger partial charge < -0.3 is 5.32 Å². The molecule has 106 valence electrons. The summed E-state index contributed by atoms with van der Waals surface area (Å²) in [7, 11) is 1.76. The van der Waals surface area contributed by atoms with E-state index in [2.05, 4.69) is 37.2 Å². The molecular formula is C14H10Br2Cl2FN. The van der Waals surface area contributed by atoms with Gasteiger partial charge in [0.2, 0.25) is 0 Å². The molecule has 0 spiro atoms. The van der Waals surface area contributed by atoms with Crippen molar-refractivity contribution in [2.75, 3.05) is 7.05 Å². The van der Waals surface area contributed by atoms with Gasteiger partial charge in [-0.3, -0.25) is 0 Å². The van der Waals surface area contributed by atoms with Crippen LogP contribution in [-0.4, -0.2) is 7.05 Å². The molecule has 2 aromatic carbocycles. The van der Waals surface area contributed by atoms with Gasteiger partial charge in [-0.15, -0.1) is 0 Å². The second kappa shape index (κ2) is 6.75. The predicted molar refractivity (Wildman–Crippen MR) is 89.2 cm³/mol. The Balaban J connectivity index is 2.55. The van der Waals surface area contributed by atoms with E-state index in [1.807, 2.05) is 6.07 Å². The van der Waals surface area contributed by atoms with E-state index in [0.29, 0.717) is 15.1 Å². The lowest BCUT2D eigenvalue weighted by Gasteiger charge is -2.19. The zero-order valence-electron chi connectivity index (χ0n) is 10.4. The average Bonchev–Trinajstić information content (AvgIpc) is 2.38. The molecule has 0 aromatic heterocycles. The Morgan fingerprint density at radius 1 is 1.15 bits per heavy atom. The van der Waals surface area contributed by atoms with E-state index in [-0.39, 0.29) is 11.1 Å². The van der Waals surface area contributed by atoms with Crippen LogP contribution in [0.15, 0.2) is 39.3 Å². The van der Waals surface area contributed by atoms with Crippen LogP contribution in [0.25, 0.3) is 0 Å². The predicted octanol–water partition coefficient (Wildman–Crippen LogP) is 5.97. The van der Waals surface area contributed by atoms with Crippen LogP contribution in [0, 0.1) is 5.82 Å². The second-order valence-electron chi connectivity index (χ2n) is 4.19. The summed E-state index contributed by atoms with van der Waals surface area (Å²) in [6.45, 7) is 0. The molecule has 1 nitrogen and oxygen atoms in total. The molecule has 0 heterocycles. The SMILES string of the molecule is CNC(c1cc(Cl)cc(Br)c1)c1ccc(Br)c(Cl)c1F. The summed E-state index contributed by atoms with van der Waals surface area (Å²) in [6, 6.07) is 8.55. The molecule has 6 heteroatoms. The molecule has 0 fully saturated rings. The first-order valence-corrected chi connectivity index (χ1v) is 8.05. The minimum Gasteiger partial charge on any atom is -0.309 e. The smallest absolute Gasteiger partial charge is 0.148 e. The van der Waals surface area contributed by atoms with Crippen molar-refractivity contribution < 1.29 is 4.39 Å². The zero-order valence-corrected chi connectivity index (χ0v) is 15.0. The van der Waals surface area contributed by atoms with Crippen LogP contribution < -0.4 is 5.32 Å². The summed E-state index contributed by atoms with van der Waals surface area (Å²) in [5.41, 5.74) is 1.32. The number of hydrogen-bond acceptors (Lipinski definition) is 1. The first-order chi connectivity index (χ1) is 9.43. The van der Waals surface area contributed by atoms with Crippen molar-refractivity contribution in [3.8, 4) is 0 Å². The molecule has 0 radical (unpaired) electrons. The first kappa shape index (κ1) is 16.2. The van der Waals surface area contributed by atoms with E-state index in [4.69, 9.17) is 23.2 Å². The highest BCUT2D eigenvalue weighted by Gasteiger charge is 2.20. The quantitative estimate of drug-likeness (QED) is 0.579. The van der Waals surface area contributed by atoms with E-state index in [9.17, 15) is 4.39 Å². The fraction of sp³-hybridized carbons (Fsp3) is 0.143. The van der Waals surface area contributed by atoms with Crippen LogP contribution in [0.2, 0.25) is 10.0 Å². The van der Waals surface area contributed by atoms with Gasteiger partial charge in [0, 0.05) is 19.5 Å². The van der Waals surface area contributed by atoms with E-state index >= 15 is 0 Å². The molecule has 1 N–H and O–H groups in total. The number of nitrogens with one attached hydrogen (secondary N) is 1. The van der Waals surface area contributed by atoms with E-state index in [0.717, 1.165) is 10.0 Å². The minimum atomic E-state index is -0.448. The molecule has 0 aliphatic heterocycles. The summed E-state index contributed by atoms with van der Waals surface area (Å²) in [5, 5.41) is 3.74. The molecule has 1 unspecified atom stereocenters. The highest BCUT2D eigenvalue weighted by Crippen LogP contribution is 2.34. The second-order valence-corrected chi connectivity index (χ2v) is 6.77. The Labute approximate surface area is 143 Å². The van der Waals surface area contributed by atoms with E-state index in [1.165, 1.54) is 0 Å². The zero-order chi connectivity index (χ0) is 14.9. The molecule has 2 aromatic rings. The molecule has 20 heavy (non-hydrogen) atoms. The van der Waals surface area contributed by atoms with E-state index < -0.39 is 5.82 Å². The number of rotatable bonds is 3. The Morgan fingerprint density at radius 3 is 2.45 bits per heavy atom. The van der Waals surface area contributed by atoms with Crippen LogP contribution in [0.3, 0.4) is 0 Å². The van der Waals surface area contributed by atoms with Crippen molar-refractivity contribution in [2.45, 2.75) is 6.04 Å². The maximum absolute atomic E-state index is 14.3. The number of hydrogen-bond donors (Lipinski definition) is 1. The third-order valence-corrected chi connectivity index (χ3v) is 4.82. The fourth-order valence-corrected chi connectivity index (χ4v) is 3.37. The third kappa shape index (κ3) is 3.37. The Morgan fingerprint density at radius 2 is 1.85 bits per heavy atom. The van der Waals surface area contributed by atoms with Crippen LogP contribution in [0.4, 0.5) is 4.39 Å². The van der Waals surface area contributed by atoms with Gasteiger partial charge >= 0.3 is 0 Å². The van der Waals surface area contributed by atoms with Crippen molar-refractivity contribution in [3.05, 3.63) is 66.3 Å². The molecule has 0 amide bonds. The molecule has 2 rings (SSSR count). The van der Waals surface area contributed by atoms with Gasteiger partial charge in [0.05, 0.1) is 11.1 Å². The van der Waals surface area contributed by atoms with Gasteiger partial charge in [-0.2, -0.15) is 0 Å². The summed E-state index contributed by atoms with van der Waals surface area (Å²) in [5.74, 6) is -0.448. The largest absolute Gasteiger partial charge is 0.309 e. The van der Waals surface area contributed by atoms with Crippen LogP contribution in [0.1, 0.15) is 17.2 Å². The van der Waals surface area contributed by atoms with Crippen molar-refractivity contribution in [1.29, 1.82) is 0 Å². The van der Waals surface area contributed by atoms with Crippen molar-refractivity contribution in [2.24, 2.45) is 0 Å². The maximum Gasteiger partial charge on any atom is 0.148 e. The lowest BCUT2D eigenvalue weighted by molar-refractivity contribution is 0.576. The van der Waals surface area contributed by atoms with Crippen LogP contribution in [-0.2, 0) is 0 Å². The summed E-state index contributed by atoms with van der Waals surface area (Å²) >= 11 is 18.6. The number of benzene rings is 2. The lowest BCUT2D eigenvalue weighted by Crippen LogP contribution is -2.19. The highest BCUT2D eigenvalue weighted by atomic mass is 79.9. The average molecular weight is 442 g/mol. The van der Waals surface area contributed by atoms with E-state index in [1.54, 1.807) is 31.3 Å². The Bertz CT molecular complexity index is 629. The minimum absolute atomic E-state index is 0.0730. The van der Waals surface area contributed by atoms with Crippen molar-refractivity contribution in [3.63, 3.8) is 0 Å².